The van der Waals surface area contributed by atoms with E-state index in [1.165, 1.54) is 25.2 Å². The highest BCUT2D eigenvalue weighted by Gasteiger charge is 2.23. The zero-order valence-corrected chi connectivity index (χ0v) is 8.18. The molecule has 0 saturated heterocycles. The Balaban J connectivity index is 3.22. The van der Waals surface area contributed by atoms with Crippen LogP contribution in [0.3, 0.4) is 0 Å². The summed E-state index contributed by atoms with van der Waals surface area (Å²) in [5, 5.41) is 11.4. The predicted molar refractivity (Wildman–Crippen MR) is 50.8 cm³/mol. The molecule has 3 nitrogen and oxygen atoms in total. The fourth-order valence-electron chi connectivity index (χ4n) is 1.18. The summed E-state index contributed by atoms with van der Waals surface area (Å²) in [4.78, 5) is 10.7. The van der Waals surface area contributed by atoms with E-state index in [0.29, 0.717) is 0 Å². The lowest BCUT2D eigenvalue weighted by Gasteiger charge is -2.13. The summed E-state index contributed by atoms with van der Waals surface area (Å²) in [6.45, 7) is 0. The minimum Gasteiger partial charge on any atom is -0.480 e. The second-order valence-corrected chi connectivity index (χ2v) is 3.10. The molecule has 1 unspecified atom stereocenters. The van der Waals surface area contributed by atoms with Crippen molar-refractivity contribution < 1.29 is 14.3 Å². The van der Waals surface area contributed by atoms with Crippen LogP contribution in [0.25, 0.3) is 0 Å². The van der Waals surface area contributed by atoms with E-state index in [0.717, 1.165) is 0 Å². The largest absolute Gasteiger partial charge is 0.480 e. The lowest BCUT2D eigenvalue weighted by Crippen LogP contribution is -2.26. The average Bonchev–Trinajstić information content (AvgIpc) is 2.10. The highest BCUT2D eigenvalue weighted by atomic mass is 35.5. The molecule has 0 saturated carbocycles. The summed E-state index contributed by atoms with van der Waals surface area (Å²) >= 11 is 5.70. The molecule has 0 aromatic heterocycles. The number of hydrogen-bond donors (Lipinski definition) is 2. The van der Waals surface area contributed by atoms with Gasteiger partial charge in [-0.05, 0) is 19.2 Å². The molecule has 0 heterocycles. The number of carbonyl (C=O) groups is 1. The molecule has 0 bridgehead atoms. The Morgan fingerprint density at radius 3 is 2.71 bits per heavy atom. The van der Waals surface area contributed by atoms with Gasteiger partial charge in [0.15, 0.2) is 0 Å². The molecule has 1 rings (SSSR count). The van der Waals surface area contributed by atoms with Gasteiger partial charge in [0.05, 0.1) is 0 Å². The third-order valence-electron chi connectivity index (χ3n) is 1.82. The molecule has 0 amide bonds. The van der Waals surface area contributed by atoms with Gasteiger partial charge in [0.2, 0.25) is 0 Å². The van der Waals surface area contributed by atoms with Crippen LogP contribution in [0.4, 0.5) is 4.39 Å². The molecule has 2 N–H and O–H groups in total. The third-order valence-corrected chi connectivity index (χ3v) is 2.15. The van der Waals surface area contributed by atoms with E-state index in [9.17, 15) is 9.18 Å². The van der Waals surface area contributed by atoms with Gasteiger partial charge in [0.1, 0.15) is 11.9 Å². The summed E-state index contributed by atoms with van der Waals surface area (Å²) in [5.41, 5.74) is -0.0378. The van der Waals surface area contributed by atoms with Gasteiger partial charge < -0.3 is 10.4 Å². The zero-order chi connectivity index (χ0) is 10.7. The van der Waals surface area contributed by atoms with Gasteiger partial charge in [-0.1, -0.05) is 17.7 Å². The molecule has 0 radical (unpaired) electrons. The summed E-state index contributed by atoms with van der Waals surface area (Å²) in [6, 6.07) is 2.93. The highest BCUT2D eigenvalue weighted by Crippen LogP contribution is 2.25. The standard InChI is InChI=1S/C9H9ClFNO2/c1-12-8(9(13)14)7-5(10)3-2-4-6(7)11/h2-4,8,12H,1H3,(H,13,14). The summed E-state index contributed by atoms with van der Waals surface area (Å²) < 4.78 is 13.3. The number of carboxylic acid groups (broad SMARTS) is 1. The van der Waals surface area contributed by atoms with Crippen LogP contribution in [-0.4, -0.2) is 18.1 Å². The van der Waals surface area contributed by atoms with E-state index < -0.39 is 17.8 Å². The van der Waals surface area contributed by atoms with Crippen LogP contribution in [-0.2, 0) is 4.79 Å². The SMILES string of the molecule is CNC(C(=O)O)c1c(F)cccc1Cl. The number of rotatable bonds is 3. The van der Waals surface area contributed by atoms with Crippen molar-refractivity contribution in [3.05, 3.63) is 34.6 Å². The van der Waals surface area contributed by atoms with Gasteiger partial charge in [-0.2, -0.15) is 0 Å². The maximum atomic E-state index is 13.3. The first-order valence-electron chi connectivity index (χ1n) is 3.92. The molecule has 5 heteroatoms. The molecular formula is C9H9ClFNO2. The Bertz CT molecular complexity index is 336. The number of aliphatic carboxylic acids is 1. The number of benzene rings is 1. The fourth-order valence-corrected chi connectivity index (χ4v) is 1.45. The van der Waals surface area contributed by atoms with Crippen molar-refractivity contribution >= 4 is 17.6 Å². The average molecular weight is 218 g/mol. The predicted octanol–water partition coefficient (Wildman–Crippen LogP) is 1.82. The van der Waals surface area contributed by atoms with E-state index in [-0.39, 0.29) is 10.6 Å². The molecule has 14 heavy (non-hydrogen) atoms. The van der Waals surface area contributed by atoms with Gasteiger partial charge in [0.25, 0.3) is 0 Å². The normalized spacial score (nSPS) is 12.5. The fraction of sp³-hybridized carbons (Fsp3) is 0.222. The van der Waals surface area contributed by atoms with E-state index in [2.05, 4.69) is 5.32 Å². The lowest BCUT2D eigenvalue weighted by molar-refractivity contribution is -0.139. The van der Waals surface area contributed by atoms with Crippen LogP contribution in [0.2, 0.25) is 5.02 Å². The third kappa shape index (κ3) is 2.02. The quantitative estimate of drug-likeness (QED) is 0.812. The first kappa shape index (κ1) is 10.9. The number of halogens is 2. The molecule has 1 aromatic carbocycles. The first-order chi connectivity index (χ1) is 6.57. The van der Waals surface area contributed by atoms with E-state index in [4.69, 9.17) is 16.7 Å². The smallest absolute Gasteiger partial charge is 0.325 e. The molecule has 0 aliphatic heterocycles. The van der Waals surface area contributed by atoms with Gasteiger partial charge in [-0.3, -0.25) is 4.79 Å². The van der Waals surface area contributed by atoms with Crippen molar-refractivity contribution in [2.45, 2.75) is 6.04 Å². The topological polar surface area (TPSA) is 49.3 Å². The minimum atomic E-state index is -1.17. The Kier molecular flexibility index (Phi) is 3.43. The van der Waals surface area contributed by atoms with Crippen molar-refractivity contribution in [2.24, 2.45) is 0 Å². The van der Waals surface area contributed by atoms with Crippen molar-refractivity contribution in [3.63, 3.8) is 0 Å². The van der Waals surface area contributed by atoms with Crippen LogP contribution in [0.5, 0.6) is 0 Å². The molecule has 1 atom stereocenters. The Hall–Kier alpha value is -1.13. The number of carboxylic acids is 1. The summed E-state index contributed by atoms with van der Waals surface area (Å²) in [5.74, 6) is -1.79. The first-order valence-corrected chi connectivity index (χ1v) is 4.29. The van der Waals surface area contributed by atoms with Gasteiger partial charge in [0, 0.05) is 10.6 Å². The minimum absolute atomic E-state index is 0.0378. The monoisotopic (exact) mass is 217 g/mol. The molecule has 0 fully saturated rings. The van der Waals surface area contributed by atoms with E-state index in [1.807, 2.05) is 0 Å². The number of hydrogen-bond acceptors (Lipinski definition) is 2. The highest BCUT2D eigenvalue weighted by molar-refractivity contribution is 6.31. The molecular weight excluding hydrogens is 209 g/mol. The lowest BCUT2D eigenvalue weighted by atomic mass is 10.1. The van der Waals surface area contributed by atoms with E-state index >= 15 is 0 Å². The van der Waals surface area contributed by atoms with Gasteiger partial charge in [-0.15, -0.1) is 0 Å². The summed E-state index contributed by atoms with van der Waals surface area (Å²) in [6.07, 6.45) is 0. The van der Waals surface area contributed by atoms with Gasteiger partial charge in [-0.25, -0.2) is 4.39 Å². The van der Waals surface area contributed by atoms with Crippen LogP contribution in [0.1, 0.15) is 11.6 Å². The maximum absolute atomic E-state index is 13.3. The summed E-state index contributed by atoms with van der Waals surface area (Å²) in [7, 11) is 1.43. The van der Waals surface area contributed by atoms with E-state index in [1.54, 1.807) is 0 Å². The van der Waals surface area contributed by atoms with Crippen LogP contribution in [0, 0.1) is 5.82 Å². The number of likely N-dealkylation sites (N-methyl/N-ethyl adjacent to an activating group) is 1. The second kappa shape index (κ2) is 4.39. The Morgan fingerprint density at radius 2 is 2.29 bits per heavy atom. The Morgan fingerprint density at radius 1 is 1.64 bits per heavy atom. The van der Waals surface area contributed by atoms with Crippen molar-refractivity contribution in [2.75, 3.05) is 7.05 Å². The maximum Gasteiger partial charge on any atom is 0.325 e. The molecule has 76 valence electrons. The molecule has 1 aromatic rings. The Labute approximate surface area is 85.5 Å². The molecule has 0 spiro atoms. The van der Waals surface area contributed by atoms with Crippen LogP contribution < -0.4 is 5.32 Å². The van der Waals surface area contributed by atoms with Crippen molar-refractivity contribution in [3.8, 4) is 0 Å². The van der Waals surface area contributed by atoms with Crippen LogP contribution >= 0.6 is 11.6 Å². The zero-order valence-electron chi connectivity index (χ0n) is 7.42. The van der Waals surface area contributed by atoms with Crippen LogP contribution in [0.15, 0.2) is 18.2 Å². The molecule has 0 aliphatic carbocycles. The van der Waals surface area contributed by atoms with Crippen molar-refractivity contribution in [1.82, 2.24) is 5.32 Å². The molecule has 0 aliphatic rings. The second-order valence-electron chi connectivity index (χ2n) is 2.70. The number of nitrogens with one attached hydrogen (secondary N) is 1. The van der Waals surface area contributed by atoms with Crippen molar-refractivity contribution in [1.29, 1.82) is 0 Å². The van der Waals surface area contributed by atoms with Gasteiger partial charge >= 0.3 is 5.97 Å².